The quantitative estimate of drug-likeness (QED) is 0.903. The van der Waals surface area contributed by atoms with E-state index < -0.39 is 6.09 Å². The lowest BCUT2D eigenvalue weighted by atomic mass is 10.3. The molecule has 0 radical (unpaired) electrons. The lowest BCUT2D eigenvalue weighted by Crippen LogP contribution is -2.12. The second-order valence-corrected chi connectivity index (χ2v) is 4.51. The van der Waals surface area contributed by atoms with Crippen LogP contribution in [0, 0.1) is 0 Å². The van der Waals surface area contributed by atoms with Crippen molar-refractivity contribution in [3.05, 3.63) is 40.4 Å². The zero-order valence-electron chi connectivity index (χ0n) is 10.4. The fraction of sp³-hybridized carbons (Fsp3) is 0.0833. The lowest BCUT2D eigenvalue weighted by molar-refractivity contribution is 0.187. The molecule has 0 aliphatic carbocycles. The van der Waals surface area contributed by atoms with Crippen molar-refractivity contribution in [2.45, 2.75) is 0 Å². The van der Waals surface area contributed by atoms with Crippen LogP contribution in [0.4, 0.5) is 22.1 Å². The van der Waals surface area contributed by atoms with Crippen molar-refractivity contribution in [1.29, 1.82) is 0 Å². The number of carbonyl (C=O) groups excluding carboxylic acids is 1. The first-order valence-electron chi connectivity index (χ1n) is 5.49. The van der Waals surface area contributed by atoms with Crippen LogP contribution >= 0.6 is 23.2 Å². The maximum atomic E-state index is 11.0. The standard InChI is InChI=1S/C12H10Cl2N4O2/c1-20-12(19)16-11-5-4-10(17-18-11)15-9-6-7(13)2-3-8(9)14/h2-6H,1H3,(H,15,17)(H,16,18,19). The first-order chi connectivity index (χ1) is 9.58. The van der Waals surface area contributed by atoms with Gasteiger partial charge in [-0.1, -0.05) is 23.2 Å². The molecule has 0 atom stereocenters. The van der Waals surface area contributed by atoms with Gasteiger partial charge in [0.25, 0.3) is 0 Å². The predicted molar refractivity (Wildman–Crippen MR) is 77.8 cm³/mol. The minimum atomic E-state index is -0.613. The highest BCUT2D eigenvalue weighted by molar-refractivity contribution is 6.35. The van der Waals surface area contributed by atoms with Gasteiger partial charge >= 0.3 is 6.09 Å². The normalized spacial score (nSPS) is 9.95. The number of benzene rings is 1. The van der Waals surface area contributed by atoms with E-state index in [1.807, 2.05) is 0 Å². The SMILES string of the molecule is COC(=O)Nc1ccc(Nc2cc(Cl)ccc2Cl)nn1. The molecule has 6 nitrogen and oxygen atoms in total. The largest absolute Gasteiger partial charge is 0.453 e. The summed E-state index contributed by atoms with van der Waals surface area (Å²) in [5.41, 5.74) is 0.613. The van der Waals surface area contributed by atoms with Crippen molar-refractivity contribution < 1.29 is 9.53 Å². The van der Waals surface area contributed by atoms with Crippen LogP contribution in [-0.4, -0.2) is 23.4 Å². The minimum Gasteiger partial charge on any atom is -0.453 e. The molecule has 0 unspecified atom stereocenters. The van der Waals surface area contributed by atoms with E-state index >= 15 is 0 Å². The monoisotopic (exact) mass is 312 g/mol. The molecule has 0 aliphatic rings. The van der Waals surface area contributed by atoms with E-state index in [1.165, 1.54) is 7.11 Å². The highest BCUT2D eigenvalue weighted by atomic mass is 35.5. The van der Waals surface area contributed by atoms with Crippen molar-refractivity contribution in [2.75, 3.05) is 17.7 Å². The van der Waals surface area contributed by atoms with E-state index in [0.717, 1.165) is 0 Å². The number of anilines is 3. The van der Waals surface area contributed by atoms with Gasteiger partial charge in [-0.05, 0) is 30.3 Å². The molecule has 0 bridgehead atoms. The molecule has 20 heavy (non-hydrogen) atoms. The molecule has 2 N–H and O–H groups in total. The number of nitrogens with zero attached hydrogens (tertiary/aromatic N) is 2. The molecular formula is C12H10Cl2N4O2. The summed E-state index contributed by atoms with van der Waals surface area (Å²) in [4.78, 5) is 11.0. The molecule has 0 spiro atoms. The van der Waals surface area contributed by atoms with Gasteiger partial charge in [0.15, 0.2) is 11.6 Å². The zero-order chi connectivity index (χ0) is 14.5. The second kappa shape index (κ2) is 6.40. The molecule has 0 aliphatic heterocycles. The number of ether oxygens (including phenoxy) is 1. The number of nitrogens with one attached hydrogen (secondary N) is 2. The molecule has 8 heteroatoms. The third kappa shape index (κ3) is 3.72. The van der Waals surface area contributed by atoms with Crippen molar-refractivity contribution >= 4 is 46.6 Å². The summed E-state index contributed by atoms with van der Waals surface area (Å²) in [5, 5.41) is 14.1. The Morgan fingerprint density at radius 2 is 1.85 bits per heavy atom. The number of methoxy groups -OCH3 is 1. The summed E-state index contributed by atoms with van der Waals surface area (Å²) < 4.78 is 4.44. The highest BCUT2D eigenvalue weighted by Crippen LogP contribution is 2.27. The smallest absolute Gasteiger partial charge is 0.412 e. The van der Waals surface area contributed by atoms with Crippen LogP contribution in [0.2, 0.25) is 10.0 Å². The van der Waals surface area contributed by atoms with Crippen molar-refractivity contribution in [2.24, 2.45) is 0 Å². The fourth-order valence-corrected chi connectivity index (χ4v) is 1.69. The molecule has 1 amide bonds. The van der Waals surface area contributed by atoms with Gasteiger partial charge in [-0.3, -0.25) is 5.32 Å². The van der Waals surface area contributed by atoms with Crippen molar-refractivity contribution in [3.8, 4) is 0 Å². The van der Waals surface area contributed by atoms with Gasteiger partial charge in [-0.2, -0.15) is 0 Å². The van der Waals surface area contributed by atoms with Crippen LogP contribution in [0.5, 0.6) is 0 Å². The molecular weight excluding hydrogens is 303 g/mol. The molecule has 0 saturated heterocycles. The van der Waals surface area contributed by atoms with E-state index in [4.69, 9.17) is 23.2 Å². The number of carbonyl (C=O) groups is 1. The molecule has 1 aromatic carbocycles. The van der Waals surface area contributed by atoms with E-state index in [-0.39, 0.29) is 5.82 Å². The average Bonchev–Trinajstić information content (AvgIpc) is 2.45. The van der Waals surface area contributed by atoms with Gasteiger partial charge in [-0.15, -0.1) is 10.2 Å². The predicted octanol–water partition coefficient (Wildman–Crippen LogP) is 3.71. The number of aromatic nitrogens is 2. The Hall–Kier alpha value is -2.05. The number of amides is 1. The molecule has 1 heterocycles. The van der Waals surface area contributed by atoms with Gasteiger partial charge in [0, 0.05) is 5.02 Å². The lowest BCUT2D eigenvalue weighted by Gasteiger charge is -2.08. The van der Waals surface area contributed by atoms with Crippen LogP contribution in [0.3, 0.4) is 0 Å². The van der Waals surface area contributed by atoms with Crippen LogP contribution in [-0.2, 0) is 4.74 Å². The van der Waals surface area contributed by atoms with Crippen LogP contribution < -0.4 is 10.6 Å². The van der Waals surface area contributed by atoms with Crippen LogP contribution in [0.15, 0.2) is 30.3 Å². The number of halogens is 2. The third-order valence-electron chi connectivity index (χ3n) is 2.27. The fourth-order valence-electron chi connectivity index (χ4n) is 1.35. The van der Waals surface area contributed by atoms with Crippen LogP contribution in [0.1, 0.15) is 0 Å². The molecule has 0 fully saturated rings. The summed E-state index contributed by atoms with van der Waals surface area (Å²) in [7, 11) is 1.26. The van der Waals surface area contributed by atoms with Crippen molar-refractivity contribution in [3.63, 3.8) is 0 Å². The van der Waals surface area contributed by atoms with Gasteiger partial charge < -0.3 is 10.1 Å². The third-order valence-corrected chi connectivity index (χ3v) is 2.84. The number of hydrogen-bond acceptors (Lipinski definition) is 5. The summed E-state index contributed by atoms with van der Waals surface area (Å²) in [6, 6.07) is 8.24. The first-order valence-corrected chi connectivity index (χ1v) is 6.25. The Morgan fingerprint density at radius 3 is 2.50 bits per heavy atom. The van der Waals surface area contributed by atoms with E-state index in [1.54, 1.807) is 30.3 Å². The van der Waals surface area contributed by atoms with E-state index in [2.05, 4.69) is 25.6 Å². The molecule has 1 aromatic heterocycles. The van der Waals surface area contributed by atoms with Gasteiger partial charge in [-0.25, -0.2) is 4.79 Å². The summed E-state index contributed by atoms with van der Waals surface area (Å²) >= 11 is 11.9. The Bertz CT molecular complexity index is 619. The zero-order valence-corrected chi connectivity index (χ0v) is 11.9. The van der Waals surface area contributed by atoms with Gasteiger partial charge in [0.1, 0.15) is 0 Å². The Kier molecular flexibility index (Phi) is 4.60. The van der Waals surface area contributed by atoms with Gasteiger partial charge in [0.05, 0.1) is 17.8 Å². The highest BCUT2D eigenvalue weighted by Gasteiger charge is 2.05. The Labute approximate surface area is 125 Å². The summed E-state index contributed by atoms with van der Waals surface area (Å²) in [6.45, 7) is 0. The molecule has 2 rings (SSSR count). The van der Waals surface area contributed by atoms with E-state index in [0.29, 0.717) is 21.6 Å². The van der Waals surface area contributed by atoms with E-state index in [9.17, 15) is 4.79 Å². The Balaban J connectivity index is 2.10. The second-order valence-electron chi connectivity index (χ2n) is 3.67. The molecule has 104 valence electrons. The maximum Gasteiger partial charge on any atom is 0.412 e. The van der Waals surface area contributed by atoms with Crippen molar-refractivity contribution in [1.82, 2.24) is 10.2 Å². The topological polar surface area (TPSA) is 76.1 Å². The van der Waals surface area contributed by atoms with Gasteiger partial charge in [0.2, 0.25) is 0 Å². The number of hydrogen-bond donors (Lipinski definition) is 2. The average molecular weight is 313 g/mol. The molecule has 2 aromatic rings. The summed E-state index contributed by atoms with van der Waals surface area (Å²) in [5.74, 6) is 0.740. The number of rotatable bonds is 3. The summed E-state index contributed by atoms with van der Waals surface area (Å²) in [6.07, 6.45) is -0.613. The molecule has 0 saturated carbocycles. The minimum absolute atomic E-state index is 0.277. The maximum absolute atomic E-state index is 11.0. The Morgan fingerprint density at radius 1 is 1.15 bits per heavy atom. The van der Waals surface area contributed by atoms with Crippen LogP contribution in [0.25, 0.3) is 0 Å². The first kappa shape index (κ1) is 14.4.